The lowest BCUT2D eigenvalue weighted by atomic mass is 10.4. The maximum atomic E-state index is 5.60. The molecule has 6 heteroatoms. The van der Waals surface area contributed by atoms with Crippen LogP contribution in [0.3, 0.4) is 0 Å². The lowest BCUT2D eigenvalue weighted by molar-refractivity contribution is 1.13. The van der Waals surface area contributed by atoms with Crippen LogP contribution in [0.1, 0.15) is 0 Å². The molecule has 4 nitrogen and oxygen atoms in total. The molecule has 0 amide bonds. The summed E-state index contributed by atoms with van der Waals surface area (Å²) in [5, 5.41) is 0.844. The van der Waals surface area contributed by atoms with Crippen molar-refractivity contribution in [3.8, 4) is 0 Å². The summed E-state index contributed by atoms with van der Waals surface area (Å²) in [6, 6.07) is 3.57. The molecule has 0 radical (unpaired) electrons. The molecule has 0 unspecified atom stereocenters. The van der Waals surface area contributed by atoms with E-state index in [0.717, 1.165) is 9.37 Å². The van der Waals surface area contributed by atoms with Crippen LogP contribution in [0.25, 0.3) is 0 Å². The summed E-state index contributed by atoms with van der Waals surface area (Å²) in [4.78, 5) is 8.17. The van der Waals surface area contributed by atoms with Gasteiger partial charge in [-0.05, 0) is 35.4 Å². The molecular weight excluding hydrogens is 204 g/mol. The number of rotatable bonds is 2. The molecule has 66 valence electrons. The standard InChI is InChI=1S/C7H6N4S2/c8-5-1-2-9-6(3-5)12-7-10-4-11-13-7/h1-4H,(H2,8,9). The SMILES string of the molecule is Nc1ccnc(Sc2ncns2)c1. The smallest absolute Gasteiger partial charge is 0.175 e. The van der Waals surface area contributed by atoms with Crippen LogP contribution < -0.4 is 5.73 Å². The second-order valence-electron chi connectivity index (χ2n) is 2.24. The van der Waals surface area contributed by atoms with Gasteiger partial charge in [-0.1, -0.05) is 0 Å². The van der Waals surface area contributed by atoms with E-state index < -0.39 is 0 Å². The average molecular weight is 210 g/mol. The lowest BCUT2D eigenvalue weighted by Gasteiger charge is -1.96. The van der Waals surface area contributed by atoms with Crippen LogP contribution in [0, 0.1) is 0 Å². The number of anilines is 1. The number of nitrogens with two attached hydrogens (primary N) is 1. The van der Waals surface area contributed by atoms with Gasteiger partial charge in [0, 0.05) is 11.9 Å². The number of nitrogen functional groups attached to an aromatic ring is 1. The monoisotopic (exact) mass is 210 g/mol. The van der Waals surface area contributed by atoms with E-state index >= 15 is 0 Å². The predicted octanol–water partition coefficient (Wildman–Crippen LogP) is 1.67. The summed E-state index contributed by atoms with van der Waals surface area (Å²) in [5.74, 6) is 0. The zero-order valence-electron chi connectivity index (χ0n) is 6.54. The highest BCUT2D eigenvalue weighted by Gasteiger charge is 2.01. The fourth-order valence-electron chi connectivity index (χ4n) is 0.778. The van der Waals surface area contributed by atoms with E-state index in [2.05, 4.69) is 14.3 Å². The zero-order valence-corrected chi connectivity index (χ0v) is 8.18. The summed E-state index contributed by atoms with van der Waals surface area (Å²) >= 11 is 2.81. The minimum absolute atomic E-state index is 0.710. The van der Waals surface area contributed by atoms with Gasteiger partial charge >= 0.3 is 0 Å². The molecule has 2 aromatic heterocycles. The van der Waals surface area contributed by atoms with Gasteiger partial charge in [0.15, 0.2) is 4.34 Å². The molecule has 0 atom stereocenters. The maximum Gasteiger partial charge on any atom is 0.175 e. The Kier molecular flexibility index (Phi) is 2.42. The molecule has 13 heavy (non-hydrogen) atoms. The Labute approximate surface area is 83.4 Å². The molecule has 2 N–H and O–H groups in total. The van der Waals surface area contributed by atoms with Crippen LogP contribution in [0.5, 0.6) is 0 Å². The molecule has 0 saturated carbocycles. The van der Waals surface area contributed by atoms with Crippen LogP contribution in [0.4, 0.5) is 5.69 Å². The summed E-state index contributed by atoms with van der Waals surface area (Å²) in [7, 11) is 0. The van der Waals surface area contributed by atoms with Gasteiger partial charge in [-0.3, -0.25) is 0 Å². The van der Waals surface area contributed by atoms with Crippen molar-refractivity contribution >= 4 is 29.0 Å². The number of hydrogen-bond donors (Lipinski definition) is 1. The van der Waals surface area contributed by atoms with Gasteiger partial charge in [-0.15, -0.1) is 0 Å². The van der Waals surface area contributed by atoms with Crippen LogP contribution in [0.2, 0.25) is 0 Å². The minimum Gasteiger partial charge on any atom is -0.399 e. The predicted molar refractivity (Wildman–Crippen MR) is 52.7 cm³/mol. The minimum atomic E-state index is 0.710. The second kappa shape index (κ2) is 3.71. The molecule has 2 heterocycles. The highest BCUT2D eigenvalue weighted by Crippen LogP contribution is 2.26. The van der Waals surface area contributed by atoms with E-state index in [1.165, 1.54) is 29.6 Å². The molecule has 0 bridgehead atoms. The number of aromatic nitrogens is 3. The van der Waals surface area contributed by atoms with Gasteiger partial charge < -0.3 is 5.73 Å². The van der Waals surface area contributed by atoms with Gasteiger partial charge in [0.05, 0.1) is 0 Å². The van der Waals surface area contributed by atoms with Crippen molar-refractivity contribution in [3.05, 3.63) is 24.7 Å². The topological polar surface area (TPSA) is 64.7 Å². The fourth-order valence-corrected chi connectivity index (χ4v) is 2.18. The molecule has 0 spiro atoms. The first-order valence-electron chi connectivity index (χ1n) is 3.50. The first kappa shape index (κ1) is 8.46. The molecule has 0 aliphatic rings. The summed E-state index contributed by atoms with van der Waals surface area (Å²) in [5.41, 5.74) is 6.31. The molecule has 0 aliphatic heterocycles. The van der Waals surface area contributed by atoms with Crippen molar-refractivity contribution < 1.29 is 0 Å². The van der Waals surface area contributed by atoms with Gasteiger partial charge in [-0.2, -0.15) is 4.37 Å². The highest BCUT2D eigenvalue weighted by molar-refractivity contribution is 8.00. The molecule has 0 fully saturated rings. The van der Waals surface area contributed by atoms with Crippen molar-refractivity contribution in [3.63, 3.8) is 0 Å². The summed E-state index contributed by atoms with van der Waals surface area (Å²) in [6.45, 7) is 0. The normalized spacial score (nSPS) is 10.2. The molecule has 2 rings (SSSR count). The number of pyridine rings is 1. The molecule has 0 saturated heterocycles. The van der Waals surface area contributed by atoms with Gasteiger partial charge in [0.1, 0.15) is 11.4 Å². The van der Waals surface area contributed by atoms with Crippen molar-refractivity contribution in [2.45, 2.75) is 9.37 Å². The van der Waals surface area contributed by atoms with Crippen molar-refractivity contribution in [1.29, 1.82) is 0 Å². The Bertz CT molecular complexity index is 387. The van der Waals surface area contributed by atoms with Crippen molar-refractivity contribution in [1.82, 2.24) is 14.3 Å². The average Bonchev–Trinajstić information content (AvgIpc) is 2.57. The lowest BCUT2D eigenvalue weighted by Crippen LogP contribution is -1.86. The Morgan fingerprint density at radius 1 is 1.38 bits per heavy atom. The first-order valence-corrected chi connectivity index (χ1v) is 5.09. The fraction of sp³-hybridized carbons (Fsp3) is 0. The largest absolute Gasteiger partial charge is 0.399 e. The third-order valence-electron chi connectivity index (χ3n) is 1.29. The molecular formula is C7H6N4S2. The first-order chi connectivity index (χ1) is 6.34. The second-order valence-corrected chi connectivity index (χ2v) is 4.28. The van der Waals surface area contributed by atoms with E-state index in [0.29, 0.717) is 5.69 Å². The summed E-state index contributed by atoms with van der Waals surface area (Å²) in [6.07, 6.45) is 3.21. The van der Waals surface area contributed by atoms with E-state index in [4.69, 9.17) is 5.73 Å². The zero-order chi connectivity index (χ0) is 9.10. The third-order valence-corrected chi connectivity index (χ3v) is 2.94. The van der Waals surface area contributed by atoms with Crippen molar-refractivity contribution in [2.75, 3.05) is 5.73 Å². The van der Waals surface area contributed by atoms with E-state index in [-0.39, 0.29) is 0 Å². The number of nitrogens with zero attached hydrogens (tertiary/aromatic N) is 3. The molecule has 0 aromatic carbocycles. The van der Waals surface area contributed by atoms with E-state index in [1.54, 1.807) is 12.3 Å². The Morgan fingerprint density at radius 2 is 2.31 bits per heavy atom. The van der Waals surface area contributed by atoms with Gasteiger partial charge in [-0.25, -0.2) is 9.97 Å². The van der Waals surface area contributed by atoms with Crippen molar-refractivity contribution in [2.24, 2.45) is 0 Å². The highest BCUT2D eigenvalue weighted by atomic mass is 32.2. The van der Waals surface area contributed by atoms with E-state index in [1.807, 2.05) is 6.07 Å². The third kappa shape index (κ3) is 2.16. The Hall–Kier alpha value is -1.14. The quantitative estimate of drug-likeness (QED) is 0.816. The van der Waals surface area contributed by atoms with Gasteiger partial charge in [0.25, 0.3) is 0 Å². The Balaban J connectivity index is 2.19. The Morgan fingerprint density at radius 3 is 3.00 bits per heavy atom. The molecule has 2 aromatic rings. The van der Waals surface area contributed by atoms with Gasteiger partial charge in [0.2, 0.25) is 0 Å². The molecule has 0 aliphatic carbocycles. The van der Waals surface area contributed by atoms with Crippen LogP contribution in [-0.2, 0) is 0 Å². The number of hydrogen-bond acceptors (Lipinski definition) is 6. The van der Waals surface area contributed by atoms with Crippen LogP contribution in [0.15, 0.2) is 34.0 Å². The van der Waals surface area contributed by atoms with Crippen LogP contribution >= 0.6 is 23.3 Å². The van der Waals surface area contributed by atoms with E-state index in [9.17, 15) is 0 Å². The van der Waals surface area contributed by atoms with Crippen LogP contribution in [-0.4, -0.2) is 14.3 Å². The summed E-state index contributed by atoms with van der Waals surface area (Å²) < 4.78 is 4.76. The maximum absolute atomic E-state index is 5.60.